The number of halogens is 1. The van der Waals surface area contributed by atoms with E-state index in [4.69, 9.17) is 0 Å². The minimum Gasteiger partial charge on any atom is -0.354 e. The fraction of sp³-hybridized carbons (Fsp3) is 0.440. The van der Waals surface area contributed by atoms with Gasteiger partial charge in [0.25, 0.3) is 0 Å². The van der Waals surface area contributed by atoms with Crippen LogP contribution in [0, 0.1) is 13.8 Å². The van der Waals surface area contributed by atoms with E-state index in [-0.39, 0.29) is 11.8 Å². The number of nitrogens with one attached hydrogen (secondary N) is 1. The fourth-order valence-corrected chi connectivity index (χ4v) is 4.73. The molecule has 4 nitrogen and oxygen atoms in total. The lowest BCUT2D eigenvalue weighted by Crippen LogP contribution is -2.48. The van der Waals surface area contributed by atoms with Crippen molar-refractivity contribution in [3.05, 3.63) is 69.2 Å². The summed E-state index contributed by atoms with van der Waals surface area (Å²) in [7, 11) is 0. The number of carbonyl (C=O) groups is 2. The molecular weight excluding hydrogens is 472 g/mol. The molecule has 0 unspecified atom stereocenters. The van der Waals surface area contributed by atoms with Crippen molar-refractivity contribution in [1.82, 2.24) is 10.2 Å². The van der Waals surface area contributed by atoms with E-state index in [0.717, 1.165) is 28.6 Å². The first-order valence-corrected chi connectivity index (χ1v) is 12.7. The molecular formula is C25H33BrN2O2S. The molecule has 31 heavy (non-hydrogen) atoms. The normalized spacial score (nSPS) is 11.8. The standard InChI is InChI=1S/C25H33BrN2O2S/c1-5-6-10-27-25(30)20(4)28(15-21-8-7-9-23(26)14-21)24(29)17-31-16-22-12-18(2)11-19(3)13-22/h7-9,11-14,20H,5-6,10,15-17H2,1-4H3,(H,27,30)/t20-/m1/s1. The van der Waals surface area contributed by atoms with Gasteiger partial charge in [-0.05, 0) is 50.5 Å². The molecule has 0 heterocycles. The van der Waals surface area contributed by atoms with Crippen LogP contribution in [0.5, 0.6) is 0 Å². The monoisotopic (exact) mass is 504 g/mol. The molecule has 2 aromatic rings. The summed E-state index contributed by atoms with van der Waals surface area (Å²) in [4.78, 5) is 27.5. The lowest BCUT2D eigenvalue weighted by atomic mass is 10.1. The highest BCUT2D eigenvalue weighted by Gasteiger charge is 2.25. The summed E-state index contributed by atoms with van der Waals surface area (Å²) in [5.41, 5.74) is 4.68. The Morgan fingerprint density at radius 1 is 1.10 bits per heavy atom. The van der Waals surface area contributed by atoms with Crippen LogP contribution in [0.3, 0.4) is 0 Å². The van der Waals surface area contributed by atoms with E-state index in [0.29, 0.717) is 18.8 Å². The molecule has 0 aliphatic carbocycles. The summed E-state index contributed by atoms with van der Waals surface area (Å²) in [6, 6.07) is 13.8. The zero-order chi connectivity index (χ0) is 22.8. The van der Waals surface area contributed by atoms with Gasteiger partial charge in [0.05, 0.1) is 5.75 Å². The van der Waals surface area contributed by atoms with Crippen molar-refractivity contribution >= 4 is 39.5 Å². The van der Waals surface area contributed by atoms with Gasteiger partial charge < -0.3 is 10.2 Å². The van der Waals surface area contributed by atoms with Crippen molar-refractivity contribution in [2.24, 2.45) is 0 Å². The van der Waals surface area contributed by atoms with Crippen LogP contribution in [0.25, 0.3) is 0 Å². The number of unbranched alkanes of at least 4 members (excludes halogenated alkanes) is 1. The molecule has 168 valence electrons. The maximum absolute atomic E-state index is 13.1. The third-order valence-electron chi connectivity index (χ3n) is 5.01. The Morgan fingerprint density at radius 2 is 1.81 bits per heavy atom. The second-order valence-corrected chi connectivity index (χ2v) is 9.86. The van der Waals surface area contributed by atoms with Crippen LogP contribution in [-0.4, -0.2) is 35.1 Å². The van der Waals surface area contributed by atoms with Crippen molar-refractivity contribution in [3.8, 4) is 0 Å². The van der Waals surface area contributed by atoms with Crippen molar-refractivity contribution in [3.63, 3.8) is 0 Å². The molecule has 0 fully saturated rings. The highest BCUT2D eigenvalue weighted by Crippen LogP contribution is 2.19. The zero-order valence-corrected chi connectivity index (χ0v) is 21.3. The van der Waals surface area contributed by atoms with Crippen molar-refractivity contribution in [2.75, 3.05) is 12.3 Å². The summed E-state index contributed by atoms with van der Waals surface area (Å²) in [5.74, 6) is 0.993. The number of nitrogens with zero attached hydrogens (tertiary/aromatic N) is 1. The van der Waals surface area contributed by atoms with Gasteiger partial charge in [0.15, 0.2) is 0 Å². The summed E-state index contributed by atoms with van der Waals surface area (Å²) in [6.07, 6.45) is 1.95. The van der Waals surface area contributed by atoms with Crippen molar-refractivity contribution in [1.29, 1.82) is 0 Å². The maximum atomic E-state index is 13.1. The number of rotatable bonds is 11. The van der Waals surface area contributed by atoms with Crippen molar-refractivity contribution < 1.29 is 9.59 Å². The van der Waals surface area contributed by atoms with E-state index in [9.17, 15) is 9.59 Å². The summed E-state index contributed by atoms with van der Waals surface area (Å²) in [5, 5.41) is 2.96. The quantitative estimate of drug-likeness (QED) is 0.403. The van der Waals surface area contributed by atoms with E-state index >= 15 is 0 Å². The highest BCUT2D eigenvalue weighted by molar-refractivity contribution is 9.10. The van der Waals surface area contributed by atoms with Gasteiger partial charge in [-0.25, -0.2) is 0 Å². The Kier molecular flexibility index (Phi) is 10.6. The zero-order valence-electron chi connectivity index (χ0n) is 18.9. The second kappa shape index (κ2) is 12.9. The Labute approximate surface area is 199 Å². The molecule has 0 spiro atoms. The van der Waals surface area contributed by atoms with Crippen LogP contribution in [-0.2, 0) is 21.9 Å². The number of aryl methyl sites for hydroxylation is 2. The first-order valence-electron chi connectivity index (χ1n) is 10.8. The number of amides is 2. The minimum atomic E-state index is -0.523. The lowest BCUT2D eigenvalue weighted by Gasteiger charge is -2.29. The maximum Gasteiger partial charge on any atom is 0.242 e. The van der Waals surface area contributed by atoms with E-state index in [1.165, 1.54) is 16.7 Å². The van der Waals surface area contributed by atoms with E-state index in [1.54, 1.807) is 16.7 Å². The molecule has 1 atom stereocenters. The summed E-state index contributed by atoms with van der Waals surface area (Å²) >= 11 is 5.08. The summed E-state index contributed by atoms with van der Waals surface area (Å²) < 4.78 is 0.960. The molecule has 0 aliphatic rings. The van der Waals surface area contributed by atoms with Gasteiger partial charge in [-0.3, -0.25) is 9.59 Å². The predicted molar refractivity (Wildman–Crippen MR) is 134 cm³/mol. The van der Waals surface area contributed by atoms with Crippen LogP contribution in [0.2, 0.25) is 0 Å². The molecule has 0 saturated carbocycles. The molecule has 0 aromatic heterocycles. The molecule has 0 aliphatic heterocycles. The van der Waals surface area contributed by atoms with Gasteiger partial charge in [0, 0.05) is 23.3 Å². The molecule has 0 saturated heterocycles. The number of hydrogen-bond acceptors (Lipinski definition) is 3. The SMILES string of the molecule is CCCCNC(=O)[C@@H](C)N(Cc1cccc(Br)c1)C(=O)CSCc1cc(C)cc(C)c1. The van der Waals surface area contributed by atoms with Gasteiger partial charge in [0.1, 0.15) is 6.04 Å². The average Bonchev–Trinajstić information content (AvgIpc) is 2.71. The van der Waals surface area contributed by atoms with Gasteiger partial charge in [0.2, 0.25) is 11.8 Å². The number of carbonyl (C=O) groups excluding carboxylic acids is 2. The van der Waals surface area contributed by atoms with Crippen LogP contribution < -0.4 is 5.32 Å². The van der Waals surface area contributed by atoms with E-state index < -0.39 is 6.04 Å². The third kappa shape index (κ3) is 8.69. The number of thioether (sulfide) groups is 1. The Morgan fingerprint density at radius 3 is 2.45 bits per heavy atom. The van der Waals surface area contributed by atoms with Gasteiger partial charge in [-0.15, -0.1) is 11.8 Å². The molecule has 2 aromatic carbocycles. The Balaban J connectivity index is 2.06. The van der Waals surface area contributed by atoms with Crippen LogP contribution in [0.1, 0.15) is 48.9 Å². The number of benzene rings is 2. The van der Waals surface area contributed by atoms with Gasteiger partial charge in [-0.2, -0.15) is 0 Å². The lowest BCUT2D eigenvalue weighted by molar-refractivity contribution is -0.138. The van der Waals surface area contributed by atoms with Gasteiger partial charge in [-0.1, -0.05) is 70.7 Å². The van der Waals surface area contributed by atoms with Crippen molar-refractivity contribution in [2.45, 2.75) is 58.9 Å². The highest BCUT2D eigenvalue weighted by atomic mass is 79.9. The predicted octanol–water partition coefficient (Wildman–Crippen LogP) is 5.63. The molecule has 1 N–H and O–H groups in total. The topological polar surface area (TPSA) is 49.4 Å². The van der Waals surface area contributed by atoms with Crippen LogP contribution in [0.4, 0.5) is 0 Å². The van der Waals surface area contributed by atoms with Crippen LogP contribution in [0.15, 0.2) is 46.9 Å². The molecule has 0 bridgehead atoms. The number of hydrogen-bond donors (Lipinski definition) is 1. The minimum absolute atomic E-state index is 0.0208. The fourth-order valence-electron chi connectivity index (χ4n) is 3.44. The first kappa shape index (κ1) is 25.5. The average molecular weight is 506 g/mol. The second-order valence-electron chi connectivity index (χ2n) is 7.96. The van der Waals surface area contributed by atoms with Crippen LogP contribution >= 0.6 is 27.7 Å². The molecule has 6 heteroatoms. The molecule has 2 rings (SSSR count). The third-order valence-corrected chi connectivity index (χ3v) is 6.50. The summed E-state index contributed by atoms with van der Waals surface area (Å²) in [6.45, 7) is 9.12. The Bertz CT molecular complexity index is 867. The molecule has 2 amide bonds. The largest absolute Gasteiger partial charge is 0.354 e. The van der Waals surface area contributed by atoms with E-state index in [1.807, 2.05) is 31.2 Å². The molecule has 0 radical (unpaired) electrons. The Hall–Kier alpha value is -1.79. The van der Waals surface area contributed by atoms with E-state index in [2.05, 4.69) is 60.2 Å². The first-order chi connectivity index (χ1) is 14.8. The van der Waals surface area contributed by atoms with Gasteiger partial charge >= 0.3 is 0 Å². The smallest absolute Gasteiger partial charge is 0.242 e.